The van der Waals surface area contributed by atoms with Crippen molar-refractivity contribution in [1.82, 2.24) is 0 Å². The maximum absolute atomic E-state index is 13.1. The maximum atomic E-state index is 13.1. The van der Waals surface area contributed by atoms with E-state index in [0.29, 0.717) is 11.8 Å². The van der Waals surface area contributed by atoms with Gasteiger partial charge in [0.15, 0.2) is 11.6 Å². The lowest BCUT2D eigenvalue weighted by atomic mass is 10.2. The summed E-state index contributed by atoms with van der Waals surface area (Å²) < 4.78 is 62.5. The van der Waals surface area contributed by atoms with Crippen LogP contribution in [0, 0.1) is 11.6 Å². The van der Waals surface area contributed by atoms with Gasteiger partial charge in [-0.2, -0.15) is 13.2 Å². The van der Waals surface area contributed by atoms with Crippen molar-refractivity contribution in [3.05, 3.63) is 29.3 Å². The molecular weight excluding hydrogens is 235 g/mol. The Labute approximate surface area is 87.5 Å². The van der Waals surface area contributed by atoms with Gasteiger partial charge in [0.1, 0.15) is 0 Å². The molecule has 6 heteroatoms. The van der Waals surface area contributed by atoms with Gasteiger partial charge >= 0.3 is 6.18 Å². The zero-order valence-electron chi connectivity index (χ0n) is 7.66. The van der Waals surface area contributed by atoms with Crippen molar-refractivity contribution in [2.24, 2.45) is 0 Å². The minimum Gasteiger partial charge on any atom is -0.203 e. The highest BCUT2D eigenvalue weighted by atomic mass is 32.2. The van der Waals surface area contributed by atoms with Crippen molar-refractivity contribution < 1.29 is 22.0 Å². The summed E-state index contributed by atoms with van der Waals surface area (Å²) in [7, 11) is 0. The van der Waals surface area contributed by atoms with Crippen molar-refractivity contribution in [1.29, 1.82) is 0 Å². The van der Waals surface area contributed by atoms with Gasteiger partial charge in [-0.3, -0.25) is 0 Å². The van der Waals surface area contributed by atoms with Crippen LogP contribution in [0.2, 0.25) is 0 Å². The Hall–Kier alpha value is -0.780. The van der Waals surface area contributed by atoms with Crippen molar-refractivity contribution in [2.75, 3.05) is 5.75 Å². The quantitative estimate of drug-likeness (QED) is 0.556. The summed E-state index contributed by atoms with van der Waals surface area (Å²) in [6.45, 7) is 1.69. The minimum absolute atomic E-state index is 0.108. The fourth-order valence-corrected chi connectivity index (χ4v) is 1.71. The molecule has 1 rings (SSSR count). The molecule has 0 spiro atoms. The molecule has 0 nitrogen and oxygen atoms in total. The topological polar surface area (TPSA) is 0 Å². The molecule has 0 aromatic heterocycles. The van der Waals surface area contributed by atoms with E-state index >= 15 is 0 Å². The summed E-state index contributed by atoms with van der Waals surface area (Å²) in [6.07, 6.45) is -4.86. The second-order valence-corrected chi connectivity index (χ2v) is 3.98. The number of alkyl halides is 3. The lowest BCUT2D eigenvalue weighted by molar-refractivity contribution is -0.140. The number of benzene rings is 1. The predicted octanol–water partition coefficient (Wildman–Crippen LogP) is 4.10. The lowest BCUT2D eigenvalue weighted by Gasteiger charge is -2.10. The van der Waals surface area contributed by atoms with Crippen LogP contribution in [0.4, 0.5) is 22.0 Å². The average molecular weight is 242 g/mol. The number of halogens is 5. The van der Waals surface area contributed by atoms with Gasteiger partial charge in [0.25, 0.3) is 0 Å². The smallest absolute Gasteiger partial charge is 0.203 e. The molecule has 0 bridgehead atoms. The van der Waals surface area contributed by atoms with E-state index < -0.39 is 23.4 Å². The molecule has 0 unspecified atom stereocenters. The molecule has 0 radical (unpaired) electrons. The fraction of sp³-hybridized carbons (Fsp3) is 0.333. The molecule has 0 amide bonds. The first kappa shape index (κ1) is 12.3. The van der Waals surface area contributed by atoms with Crippen LogP contribution < -0.4 is 0 Å². The molecule has 0 fully saturated rings. The number of hydrogen-bond acceptors (Lipinski definition) is 1. The summed E-state index contributed by atoms with van der Waals surface area (Å²) in [5.74, 6) is -2.81. The van der Waals surface area contributed by atoms with E-state index in [0.717, 1.165) is 17.8 Å². The standard InChI is InChI=1S/C9H7F5S/c1-2-15-6-4-3-5(9(12,13)14)7(10)8(6)11/h3-4H,2H2,1H3. The van der Waals surface area contributed by atoms with E-state index in [1.54, 1.807) is 6.92 Å². The molecule has 0 aliphatic heterocycles. The second kappa shape index (κ2) is 4.38. The monoisotopic (exact) mass is 242 g/mol. The molecule has 0 atom stereocenters. The minimum atomic E-state index is -4.86. The Balaban J connectivity index is 3.21. The summed E-state index contributed by atoms with van der Waals surface area (Å²) in [6, 6.07) is 1.49. The normalized spacial score (nSPS) is 11.9. The molecule has 1 aromatic rings. The van der Waals surface area contributed by atoms with Crippen LogP contribution in [0.5, 0.6) is 0 Å². The largest absolute Gasteiger partial charge is 0.419 e. The van der Waals surface area contributed by atoms with Gasteiger partial charge in [0.05, 0.1) is 5.56 Å². The second-order valence-electron chi connectivity index (χ2n) is 2.67. The number of rotatable bonds is 2. The summed E-state index contributed by atoms with van der Waals surface area (Å²) >= 11 is 0.953. The Morgan fingerprint density at radius 1 is 1.13 bits per heavy atom. The van der Waals surface area contributed by atoms with Crippen LogP contribution in [-0.4, -0.2) is 5.75 Å². The van der Waals surface area contributed by atoms with Crippen molar-refractivity contribution >= 4 is 11.8 Å². The van der Waals surface area contributed by atoms with Gasteiger partial charge in [0.2, 0.25) is 0 Å². The van der Waals surface area contributed by atoms with Gasteiger partial charge in [-0.25, -0.2) is 8.78 Å². The fourth-order valence-electron chi connectivity index (χ4n) is 1.02. The lowest BCUT2D eigenvalue weighted by Crippen LogP contribution is -2.09. The molecule has 1 aromatic carbocycles. The molecule has 0 aliphatic rings. The Morgan fingerprint density at radius 3 is 2.20 bits per heavy atom. The van der Waals surface area contributed by atoms with Crippen LogP contribution in [0.25, 0.3) is 0 Å². The van der Waals surface area contributed by atoms with Crippen LogP contribution in [0.15, 0.2) is 17.0 Å². The highest BCUT2D eigenvalue weighted by Crippen LogP contribution is 2.35. The first-order valence-corrected chi connectivity index (χ1v) is 5.04. The summed E-state index contributed by atoms with van der Waals surface area (Å²) in [5.41, 5.74) is -1.57. The van der Waals surface area contributed by atoms with Gasteiger partial charge in [-0.1, -0.05) is 6.92 Å². The Bertz CT molecular complexity index is 358. The van der Waals surface area contributed by atoms with Crippen molar-refractivity contribution in [3.63, 3.8) is 0 Å². The van der Waals surface area contributed by atoms with E-state index in [4.69, 9.17) is 0 Å². The highest BCUT2D eigenvalue weighted by molar-refractivity contribution is 7.99. The van der Waals surface area contributed by atoms with E-state index in [1.807, 2.05) is 0 Å². The van der Waals surface area contributed by atoms with Gasteiger partial charge in [-0.15, -0.1) is 11.8 Å². The van der Waals surface area contributed by atoms with Crippen LogP contribution in [-0.2, 0) is 6.18 Å². The highest BCUT2D eigenvalue weighted by Gasteiger charge is 2.35. The molecule has 0 N–H and O–H groups in total. The SMILES string of the molecule is CCSc1ccc(C(F)(F)F)c(F)c1F. The van der Waals surface area contributed by atoms with Gasteiger partial charge < -0.3 is 0 Å². The number of thioether (sulfide) groups is 1. The summed E-state index contributed by atoms with van der Waals surface area (Å²) in [5, 5.41) is 0. The van der Waals surface area contributed by atoms with Crippen LogP contribution >= 0.6 is 11.8 Å². The van der Waals surface area contributed by atoms with Crippen LogP contribution in [0.1, 0.15) is 12.5 Å². The molecule has 0 heterocycles. The van der Waals surface area contributed by atoms with Gasteiger partial charge in [-0.05, 0) is 17.9 Å². The molecule has 0 aliphatic carbocycles. The zero-order valence-corrected chi connectivity index (χ0v) is 8.48. The molecule has 0 saturated carbocycles. The third-order valence-electron chi connectivity index (χ3n) is 1.65. The third-order valence-corrected chi connectivity index (χ3v) is 2.57. The predicted molar refractivity (Wildman–Crippen MR) is 47.8 cm³/mol. The molecular formula is C9H7F5S. The third kappa shape index (κ3) is 2.62. The Morgan fingerprint density at radius 2 is 1.73 bits per heavy atom. The molecule has 84 valence electrons. The van der Waals surface area contributed by atoms with Crippen molar-refractivity contribution in [2.45, 2.75) is 18.0 Å². The van der Waals surface area contributed by atoms with E-state index in [9.17, 15) is 22.0 Å². The number of hydrogen-bond donors (Lipinski definition) is 0. The maximum Gasteiger partial charge on any atom is 0.419 e. The Kier molecular flexibility index (Phi) is 3.59. The molecule has 15 heavy (non-hydrogen) atoms. The molecule has 0 saturated heterocycles. The zero-order chi connectivity index (χ0) is 11.6. The first-order valence-electron chi connectivity index (χ1n) is 4.06. The van der Waals surface area contributed by atoms with E-state index in [1.165, 1.54) is 0 Å². The van der Waals surface area contributed by atoms with E-state index in [-0.39, 0.29) is 4.90 Å². The van der Waals surface area contributed by atoms with Crippen molar-refractivity contribution in [3.8, 4) is 0 Å². The summed E-state index contributed by atoms with van der Waals surface area (Å²) in [4.78, 5) is -0.108. The first-order chi connectivity index (χ1) is 6.88. The van der Waals surface area contributed by atoms with E-state index in [2.05, 4.69) is 0 Å². The van der Waals surface area contributed by atoms with Crippen LogP contribution in [0.3, 0.4) is 0 Å². The van der Waals surface area contributed by atoms with Gasteiger partial charge in [0, 0.05) is 4.90 Å². The average Bonchev–Trinajstić information content (AvgIpc) is 2.11.